The predicted octanol–water partition coefficient (Wildman–Crippen LogP) is 4.87. The van der Waals surface area contributed by atoms with Crippen LogP contribution in [-0.4, -0.2) is 25.5 Å². The van der Waals surface area contributed by atoms with Crippen molar-refractivity contribution in [1.82, 2.24) is 5.32 Å². The van der Waals surface area contributed by atoms with Crippen molar-refractivity contribution in [3.05, 3.63) is 84.4 Å². The van der Waals surface area contributed by atoms with Crippen molar-refractivity contribution in [1.29, 1.82) is 0 Å². The molecule has 0 atom stereocenters. The van der Waals surface area contributed by atoms with E-state index in [0.29, 0.717) is 22.7 Å². The van der Waals surface area contributed by atoms with Gasteiger partial charge in [0, 0.05) is 18.7 Å². The van der Waals surface area contributed by atoms with Gasteiger partial charge in [0.2, 0.25) is 5.91 Å². The van der Waals surface area contributed by atoms with Crippen LogP contribution < -0.4 is 15.4 Å². The number of carbonyl (C=O) groups is 2. The summed E-state index contributed by atoms with van der Waals surface area (Å²) in [6.07, 6.45) is 0.149. The molecule has 0 aliphatic rings. The van der Waals surface area contributed by atoms with E-state index in [2.05, 4.69) is 20.9 Å². The molecule has 152 valence electrons. The van der Waals surface area contributed by atoms with Crippen LogP contribution in [0.3, 0.4) is 0 Å². The van der Waals surface area contributed by atoms with Gasteiger partial charge in [0.15, 0.2) is 0 Å². The molecule has 2 N–H and O–H groups in total. The molecular weight excluding hydrogens is 380 g/mol. The number of azo groups is 1. The second-order valence-electron chi connectivity index (χ2n) is 6.34. The van der Waals surface area contributed by atoms with Gasteiger partial charge in [-0.25, -0.2) is 0 Å². The number of carbonyl (C=O) groups excluding carboxylic acids is 2. The highest BCUT2D eigenvalue weighted by Crippen LogP contribution is 2.20. The van der Waals surface area contributed by atoms with Crippen molar-refractivity contribution in [3.8, 4) is 5.75 Å². The summed E-state index contributed by atoms with van der Waals surface area (Å²) in [6.45, 7) is 0.214. The lowest BCUT2D eigenvalue weighted by atomic mass is 10.2. The van der Waals surface area contributed by atoms with Crippen molar-refractivity contribution < 1.29 is 14.3 Å². The van der Waals surface area contributed by atoms with Gasteiger partial charge >= 0.3 is 0 Å². The van der Waals surface area contributed by atoms with Crippen molar-refractivity contribution >= 4 is 28.9 Å². The zero-order valence-electron chi connectivity index (χ0n) is 16.5. The van der Waals surface area contributed by atoms with E-state index in [4.69, 9.17) is 4.74 Å². The second kappa shape index (κ2) is 10.5. The van der Waals surface area contributed by atoms with Crippen LogP contribution in [0.5, 0.6) is 5.75 Å². The Kier molecular flexibility index (Phi) is 7.27. The number of nitrogens with one attached hydrogen (secondary N) is 2. The molecule has 0 saturated heterocycles. The monoisotopic (exact) mass is 402 g/mol. The molecule has 0 saturated carbocycles. The number of benzene rings is 3. The molecule has 0 fully saturated rings. The highest BCUT2D eigenvalue weighted by molar-refractivity contribution is 5.97. The van der Waals surface area contributed by atoms with E-state index in [1.165, 1.54) is 7.11 Å². The summed E-state index contributed by atoms with van der Waals surface area (Å²) in [5.74, 6) is 0.00586. The minimum atomic E-state index is -0.284. The maximum Gasteiger partial charge on any atom is 0.255 e. The first-order valence-corrected chi connectivity index (χ1v) is 9.43. The molecule has 3 aromatic rings. The molecule has 7 heteroatoms. The summed E-state index contributed by atoms with van der Waals surface area (Å²) in [5.41, 5.74) is 2.53. The van der Waals surface area contributed by atoms with Gasteiger partial charge in [0.05, 0.1) is 24.0 Å². The van der Waals surface area contributed by atoms with Crippen molar-refractivity contribution in [2.45, 2.75) is 6.42 Å². The highest BCUT2D eigenvalue weighted by atomic mass is 16.5. The van der Waals surface area contributed by atoms with Crippen LogP contribution in [0.1, 0.15) is 16.8 Å². The Morgan fingerprint density at radius 1 is 0.833 bits per heavy atom. The second-order valence-corrected chi connectivity index (χ2v) is 6.34. The van der Waals surface area contributed by atoms with E-state index in [1.807, 2.05) is 30.3 Å². The lowest BCUT2D eigenvalue weighted by Gasteiger charge is -2.09. The molecule has 0 bridgehead atoms. The number of hydrogen-bond acceptors (Lipinski definition) is 5. The fourth-order valence-corrected chi connectivity index (χ4v) is 2.66. The normalized spacial score (nSPS) is 10.6. The SMILES string of the molecule is COc1ccccc1C(=O)NCCC(=O)Nc1ccc(N=Nc2ccccc2)cc1. The number of rotatable bonds is 8. The van der Waals surface area contributed by atoms with Gasteiger partial charge in [0.1, 0.15) is 5.75 Å². The number of amides is 2. The van der Waals surface area contributed by atoms with Gasteiger partial charge in [-0.3, -0.25) is 9.59 Å². The van der Waals surface area contributed by atoms with Gasteiger partial charge in [-0.05, 0) is 48.5 Å². The van der Waals surface area contributed by atoms with Crippen LogP contribution >= 0.6 is 0 Å². The smallest absolute Gasteiger partial charge is 0.255 e. The summed E-state index contributed by atoms with van der Waals surface area (Å²) >= 11 is 0. The van der Waals surface area contributed by atoms with Gasteiger partial charge in [-0.1, -0.05) is 30.3 Å². The summed E-state index contributed by atoms with van der Waals surface area (Å²) in [4.78, 5) is 24.3. The number of para-hydroxylation sites is 1. The number of anilines is 1. The molecule has 0 radical (unpaired) electrons. The molecule has 0 spiro atoms. The Hall–Kier alpha value is -4.00. The third kappa shape index (κ3) is 6.00. The molecular formula is C23H22N4O3. The number of hydrogen-bond donors (Lipinski definition) is 2. The predicted molar refractivity (Wildman–Crippen MR) is 116 cm³/mol. The van der Waals surface area contributed by atoms with Crippen molar-refractivity contribution in [3.63, 3.8) is 0 Å². The Bertz CT molecular complexity index is 1020. The van der Waals surface area contributed by atoms with Crippen LogP contribution in [0.2, 0.25) is 0 Å². The zero-order chi connectivity index (χ0) is 21.2. The first kappa shape index (κ1) is 20.7. The molecule has 0 heterocycles. The standard InChI is InChI=1S/C23H22N4O3/c1-30-21-10-6-5-9-20(21)23(29)24-16-15-22(28)25-17-11-13-19(14-12-17)27-26-18-7-3-2-4-8-18/h2-14H,15-16H2,1H3,(H,24,29)(H,25,28). The first-order chi connectivity index (χ1) is 14.7. The van der Waals surface area contributed by atoms with E-state index in [0.717, 1.165) is 5.69 Å². The zero-order valence-corrected chi connectivity index (χ0v) is 16.5. The minimum absolute atomic E-state index is 0.149. The Labute approximate surface area is 174 Å². The topological polar surface area (TPSA) is 92.1 Å². The Morgan fingerprint density at radius 3 is 2.17 bits per heavy atom. The van der Waals surface area contributed by atoms with Crippen LogP contribution in [-0.2, 0) is 4.79 Å². The molecule has 0 unspecified atom stereocenters. The number of methoxy groups -OCH3 is 1. The molecule has 30 heavy (non-hydrogen) atoms. The Morgan fingerprint density at radius 2 is 1.47 bits per heavy atom. The van der Waals surface area contributed by atoms with Crippen LogP contribution in [0.25, 0.3) is 0 Å². The van der Waals surface area contributed by atoms with Gasteiger partial charge in [0.25, 0.3) is 5.91 Å². The van der Waals surface area contributed by atoms with E-state index in [-0.39, 0.29) is 24.8 Å². The summed E-state index contributed by atoms with van der Waals surface area (Å²) in [7, 11) is 1.51. The maximum absolute atomic E-state index is 12.2. The van der Waals surface area contributed by atoms with Gasteiger partial charge in [-0.2, -0.15) is 10.2 Å². The molecule has 7 nitrogen and oxygen atoms in total. The minimum Gasteiger partial charge on any atom is -0.496 e. The third-order valence-electron chi connectivity index (χ3n) is 4.18. The van der Waals surface area contributed by atoms with E-state index in [1.54, 1.807) is 48.5 Å². The molecule has 3 aromatic carbocycles. The number of nitrogens with zero attached hydrogens (tertiary/aromatic N) is 2. The van der Waals surface area contributed by atoms with E-state index in [9.17, 15) is 9.59 Å². The molecule has 2 amide bonds. The molecule has 0 aromatic heterocycles. The van der Waals surface area contributed by atoms with Crippen LogP contribution in [0.15, 0.2) is 89.1 Å². The van der Waals surface area contributed by atoms with Crippen LogP contribution in [0, 0.1) is 0 Å². The number of ether oxygens (including phenoxy) is 1. The molecule has 3 rings (SSSR count). The van der Waals surface area contributed by atoms with Crippen molar-refractivity contribution in [2.24, 2.45) is 10.2 Å². The van der Waals surface area contributed by atoms with Crippen LogP contribution in [0.4, 0.5) is 17.1 Å². The Balaban J connectivity index is 1.46. The van der Waals surface area contributed by atoms with Crippen molar-refractivity contribution in [2.75, 3.05) is 19.0 Å². The van der Waals surface area contributed by atoms with E-state index < -0.39 is 0 Å². The van der Waals surface area contributed by atoms with Gasteiger partial charge in [-0.15, -0.1) is 0 Å². The summed E-state index contributed by atoms with van der Waals surface area (Å²) in [5, 5.41) is 13.8. The summed E-state index contributed by atoms with van der Waals surface area (Å²) < 4.78 is 5.17. The average molecular weight is 402 g/mol. The first-order valence-electron chi connectivity index (χ1n) is 9.43. The fourth-order valence-electron chi connectivity index (χ4n) is 2.66. The van der Waals surface area contributed by atoms with Gasteiger partial charge < -0.3 is 15.4 Å². The summed E-state index contributed by atoms with van der Waals surface area (Å²) in [6, 6.07) is 23.4. The fraction of sp³-hybridized carbons (Fsp3) is 0.130. The highest BCUT2D eigenvalue weighted by Gasteiger charge is 2.11. The molecule has 0 aliphatic carbocycles. The maximum atomic E-state index is 12.2. The largest absolute Gasteiger partial charge is 0.496 e. The third-order valence-corrected chi connectivity index (χ3v) is 4.18. The van der Waals surface area contributed by atoms with E-state index >= 15 is 0 Å². The lowest BCUT2D eigenvalue weighted by molar-refractivity contribution is -0.116. The quantitative estimate of drug-likeness (QED) is 0.527. The average Bonchev–Trinajstić information content (AvgIpc) is 2.79. The molecule has 0 aliphatic heterocycles. The lowest BCUT2D eigenvalue weighted by Crippen LogP contribution is -2.28.